The molecule has 6 nitrogen and oxygen atoms in total. The molecule has 3 rings (SSSR count). The summed E-state index contributed by atoms with van der Waals surface area (Å²) >= 11 is 0. The molecular formula is C20H20N3O3. The molecule has 2 unspecified atom stereocenters. The zero-order valence-corrected chi connectivity index (χ0v) is 14.4. The highest BCUT2D eigenvalue weighted by Crippen LogP contribution is 2.19. The second-order valence-corrected chi connectivity index (χ2v) is 6.45. The van der Waals surface area contributed by atoms with Gasteiger partial charge in [0.05, 0.1) is 12.1 Å². The maximum absolute atomic E-state index is 12.6. The number of carbonyl (C=O) groups is 3. The number of hydrogen-bond acceptors (Lipinski definition) is 4. The lowest BCUT2D eigenvalue weighted by atomic mass is 10.0. The van der Waals surface area contributed by atoms with Crippen LogP contribution in [-0.2, 0) is 4.79 Å². The number of amides is 2. The van der Waals surface area contributed by atoms with Crippen molar-refractivity contribution in [3.63, 3.8) is 0 Å². The van der Waals surface area contributed by atoms with E-state index in [0.717, 1.165) is 5.56 Å². The standard InChI is InChI=1S/C20H20N3O3/c1-12-5-7-13(8-6-12)20(26)22-15-4-2-3-14(11-15)18(24)16-9-10-17(23-16)19(21)25/h3-8,11,16-17,23H,9-10H2,1H3,(H2,21,25)(H,22,26). The Kier molecular flexibility index (Phi) is 5.14. The minimum atomic E-state index is -0.475. The topological polar surface area (TPSA) is 101 Å². The molecule has 0 aromatic heterocycles. The van der Waals surface area contributed by atoms with Gasteiger partial charge in [-0.05, 0) is 56.2 Å². The van der Waals surface area contributed by atoms with Crippen molar-refractivity contribution < 1.29 is 14.4 Å². The van der Waals surface area contributed by atoms with Crippen LogP contribution < -0.4 is 16.4 Å². The summed E-state index contributed by atoms with van der Waals surface area (Å²) in [5.74, 6) is -0.849. The molecule has 1 radical (unpaired) electrons. The number of carbonyl (C=O) groups excluding carboxylic acids is 3. The van der Waals surface area contributed by atoms with Crippen molar-refractivity contribution >= 4 is 23.3 Å². The fourth-order valence-corrected chi connectivity index (χ4v) is 2.97. The Labute approximate surface area is 151 Å². The fourth-order valence-electron chi connectivity index (χ4n) is 2.97. The van der Waals surface area contributed by atoms with Gasteiger partial charge in [0.25, 0.3) is 5.91 Å². The van der Waals surface area contributed by atoms with Crippen LogP contribution in [-0.4, -0.2) is 29.7 Å². The third-order valence-electron chi connectivity index (χ3n) is 4.45. The average Bonchev–Trinajstić information content (AvgIpc) is 3.12. The van der Waals surface area contributed by atoms with Crippen molar-refractivity contribution in [3.8, 4) is 0 Å². The van der Waals surface area contributed by atoms with Crippen molar-refractivity contribution in [2.75, 3.05) is 5.32 Å². The van der Waals surface area contributed by atoms with Crippen LogP contribution >= 0.6 is 0 Å². The van der Waals surface area contributed by atoms with Gasteiger partial charge < -0.3 is 11.1 Å². The molecule has 26 heavy (non-hydrogen) atoms. The van der Waals surface area contributed by atoms with Gasteiger partial charge >= 0.3 is 0 Å². The highest BCUT2D eigenvalue weighted by molar-refractivity contribution is 6.06. The molecule has 2 aromatic carbocycles. The van der Waals surface area contributed by atoms with Crippen LogP contribution in [0.5, 0.6) is 0 Å². The van der Waals surface area contributed by atoms with Crippen LogP contribution in [0.25, 0.3) is 0 Å². The number of benzene rings is 2. The number of anilines is 1. The van der Waals surface area contributed by atoms with Gasteiger partial charge in [-0.3, -0.25) is 19.7 Å². The lowest BCUT2D eigenvalue weighted by Gasteiger charge is -2.12. The largest absolute Gasteiger partial charge is 0.368 e. The number of ketones is 1. The van der Waals surface area contributed by atoms with Crippen LogP contribution in [0.1, 0.15) is 39.1 Å². The van der Waals surface area contributed by atoms with Gasteiger partial charge in [-0.1, -0.05) is 17.7 Å². The predicted molar refractivity (Wildman–Crippen MR) is 97.9 cm³/mol. The maximum Gasteiger partial charge on any atom is 0.255 e. The Morgan fingerprint density at radius 2 is 1.77 bits per heavy atom. The Balaban J connectivity index is 1.70. The molecule has 1 aliphatic heterocycles. The molecule has 1 heterocycles. The van der Waals surface area contributed by atoms with Gasteiger partial charge in [-0.15, -0.1) is 0 Å². The Hall–Kier alpha value is -2.99. The summed E-state index contributed by atoms with van der Waals surface area (Å²) in [6.07, 6.45) is 1.09. The van der Waals surface area contributed by atoms with Crippen molar-refractivity contribution in [2.45, 2.75) is 31.8 Å². The van der Waals surface area contributed by atoms with E-state index in [0.29, 0.717) is 29.7 Å². The van der Waals surface area contributed by atoms with Gasteiger partial charge in [0.2, 0.25) is 5.91 Å². The fraction of sp³-hybridized carbons (Fsp3) is 0.250. The van der Waals surface area contributed by atoms with Crippen LogP contribution in [0, 0.1) is 13.0 Å². The third kappa shape index (κ3) is 3.97. The molecule has 6 heteroatoms. The molecule has 133 valence electrons. The summed E-state index contributed by atoms with van der Waals surface area (Å²) in [7, 11) is 0. The molecule has 1 saturated heterocycles. The van der Waals surface area contributed by atoms with Crippen molar-refractivity contribution in [2.24, 2.45) is 5.73 Å². The quantitative estimate of drug-likeness (QED) is 0.716. The van der Waals surface area contributed by atoms with Gasteiger partial charge in [-0.25, -0.2) is 0 Å². The van der Waals surface area contributed by atoms with Gasteiger partial charge in [0.15, 0.2) is 5.78 Å². The smallest absolute Gasteiger partial charge is 0.255 e. The summed E-state index contributed by atoms with van der Waals surface area (Å²) in [4.78, 5) is 36.2. The third-order valence-corrected chi connectivity index (χ3v) is 4.45. The van der Waals surface area contributed by atoms with E-state index in [1.807, 2.05) is 19.1 Å². The zero-order chi connectivity index (χ0) is 18.7. The highest BCUT2D eigenvalue weighted by Gasteiger charge is 2.32. The molecule has 2 amide bonds. The molecule has 0 spiro atoms. The monoisotopic (exact) mass is 350 g/mol. The van der Waals surface area contributed by atoms with E-state index in [1.54, 1.807) is 30.3 Å². The van der Waals surface area contributed by atoms with E-state index in [4.69, 9.17) is 5.73 Å². The van der Waals surface area contributed by atoms with Crippen LogP contribution in [0.3, 0.4) is 0 Å². The molecule has 2 aromatic rings. The predicted octanol–water partition coefficient (Wildman–Crippen LogP) is 1.84. The van der Waals surface area contributed by atoms with Gasteiger partial charge in [0, 0.05) is 16.8 Å². The molecule has 0 saturated carbocycles. The average molecular weight is 350 g/mol. The van der Waals surface area contributed by atoms with Gasteiger partial charge in [0.1, 0.15) is 0 Å². The van der Waals surface area contributed by atoms with Crippen LogP contribution in [0.2, 0.25) is 0 Å². The van der Waals surface area contributed by atoms with Crippen LogP contribution in [0.15, 0.2) is 42.5 Å². The first-order chi connectivity index (χ1) is 12.4. The van der Waals surface area contributed by atoms with Crippen molar-refractivity contribution in [3.05, 3.63) is 65.2 Å². The van der Waals surface area contributed by atoms with E-state index < -0.39 is 18.0 Å². The van der Waals surface area contributed by atoms with E-state index in [-0.39, 0.29) is 11.7 Å². The second kappa shape index (κ2) is 7.49. The minimum absolute atomic E-state index is 0.142. The number of rotatable bonds is 5. The number of Topliss-reactive ketones (excluding diaryl/α,β-unsaturated/α-hetero) is 1. The first-order valence-electron chi connectivity index (χ1n) is 8.43. The van der Waals surface area contributed by atoms with Gasteiger partial charge in [-0.2, -0.15) is 0 Å². The zero-order valence-electron chi connectivity index (χ0n) is 14.4. The van der Waals surface area contributed by atoms with Crippen molar-refractivity contribution in [1.29, 1.82) is 0 Å². The molecule has 0 bridgehead atoms. The number of hydrogen-bond donors (Lipinski definition) is 3. The highest BCUT2D eigenvalue weighted by atomic mass is 16.2. The summed E-state index contributed by atoms with van der Waals surface area (Å²) in [5, 5.41) is 5.73. The lowest BCUT2D eigenvalue weighted by Crippen LogP contribution is -2.42. The second-order valence-electron chi connectivity index (χ2n) is 6.45. The first kappa shape index (κ1) is 17.8. The molecule has 2 atom stereocenters. The number of nitrogens with two attached hydrogens (primary N) is 1. The summed E-state index contributed by atoms with van der Waals surface area (Å²) in [6.45, 7) is 1.95. The van der Waals surface area contributed by atoms with Crippen LogP contribution in [0.4, 0.5) is 5.69 Å². The maximum atomic E-state index is 12.6. The number of nitrogens with one attached hydrogen (secondary N) is 2. The normalized spacial score (nSPS) is 19.1. The SMILES string of the molecule is Cc1ccc(C(=O)Nc2c[c]cc(C(=O)C3CCC(C(N)=O)N3)c2)cc1. The first-order valence-corrected chi connectivity index (χ1v) is 8.43. The Bertz CT molecular complexity index is 846. The number of aryl methyl sites for hydroxylation is 1. The Morgan fingerprint density at radius 3 is 2.42 bits per heavy atom. The molecule has 4 N–H and O–H groups in total. The molecule has 1 aliphatic rings. The summed E-state index contributed by atoms with van der Waals surface area (Å²) < 4.78 is 0. The summed E-state index contributed by atoms with van der Waals surface area (Å²) in [5.41, 5.74) is 7.80. The lowest BCUT2D eigenvalue weighted by molar-refractivity contribution is -0.119. The Morgan fingerprint density at radius 1 is 1.08 bits per heavy atom. The van der Waals surface area contributed by atoms with E-state index >= 15 is 0 Å². The number of primary amides is 1. The van der Waals surface area contributed by atoms with E-state index in [9.17, 15) is 14.4 Å². The molecular weight excluding hydrogens is 330 g/mol. The van der Waals surface area contributed by atoms with Crippen molar-refractivity contribution in [1.82, 2.24) is 5.32 Å². The molecule has 0 aliphatic carbocycles. The minimum Gasteiger partial charge on any atom is -0.368 e. The molecule has 1 fully saturated rings. The van der Waals surface area contributed by atoms with E-state index in [1.165, 1.54) is 0 Å². The summed E-state index contributed by atoms with van der Waals surface area (Å²) in [6, 6.07) is 14.0. The van der Waals surface area contributed by atoms with E-state index in [2.05, 4.69) is 16.7 Å².